The molecule has 8 nitrogen and oxygen atoms in total. The van der Waals surface area contributed by atoms with Crippen LogP contribution in [0.25, 0.3) is 0 Å². The van der Waals surface area contributed by atoms with E-state index in [1.807, 2.05) is 0 Å². The predicted molar refractivity (Wildman–Crippen MR) is 67.3 cm³/mol. The topological polar surface area (TPSA) is 124 Å². The van der Waals surface area contributed by atoms with Gasteiger partial charge in [0.1, 0.15) is 5.57 Å². The van der Waals surface area contributed by atoms with E-state index in [2.05, 4.69) is 5.10 Å². The average Bonchev–Trinajstić information content (AvgIpc) is 2.32. The molecule has 1 heterocycles. The van der Waals surface area contributed by atoms with Crippen LogP contribution >= 0.6 is 0 Å². The van der Waals surface area contributed by atoms with E-state index in [0.29, 0.717) is 5.57 Å². The second-order valence-corrected chi connectivity index (χ2v) is 4.48. The Morgan fingerprint density at radius 2 is 1.85 bits per heavy atom. The molecule has 0 bridgehead atoms. The summed E-state index contributed by atoms with van der Waals surface area (Å²) in [6, 6.07) is -1.00. The standard InChI is InChI=1S/C11H17N5O3.ClH/c1-5-6(10(18)15(2)3)11(19)16(4)8(9(12)17)7(5)14-13;/h8H,13H2,1-4H3,(H2,12,17);1H. The Morgan fingerprint density at radius 1 is 1.35 bits per heavy atom. The fourth-order valence-electron chi connectivity index (χ4n) is 1.98. The second kappa shape index (κ2) is 6.38. The zero-order valence-electron chi connectivity index (χ0n) is 11.7. The molecule has 112 valence electrons. The predicted octanol–water partition coefficient (Wildman–Crippen LogP) is -6.88. The highest BCUT2D eigenvalue weighted by molar-refractivity contribution is 6.30. The molecule has 9 heteroatoms. The molecule has 1 aliphatic heterocycles. The molecule has 0 saturated heterocycles. The van der Waals surface area contributed by atoms with Crippen molar-refractivity contribution in [2.45, 2.75) is 13.0 Å². The first kappa shape index (κ1) is 17.9. The Morgan fingerprint density at radius 3 is 2.20 bits per heavy atom. The SMILES string of the molecule is CC1=C(C(=O)N(C)C)C(=O)N(C)C(C(N)=O)C1=[NH+]N.[Cl-]. The average molecular weight is 304 g/mol. The number of nitrogens with one attached hydrogen (secondary N) is 1. The van der Waals surface area contributed by atoms with Crippen LogP contribution in [0.1, 0.15) is 6.92 Å². The molecule has 0 aromatic rings. The summed E-state index contributed by atoms with van der Waals surface area (Å²) in [5, 5.41) is 2.35. The van der Waals surface area contributed by atoms with Gasteiger partial charge < -0.3 is 27.9 Å². The van der Waals surface area contributed by atoms with Crippen molar-refractivity contribution in [1.82, 2.24) is 9.80 Å². The summed E-state index contributed by atoms with van der Waals surface area (Å²) in [4.78, 5) is 38.0. The molecule has 1 rings (SSSR count). The number of hydrogen-bond acceptors (Lipinski definition) is 4. The fourth-order valence-corrected chi connectivity index (χ4v) is 1.98. The number of rotatable bonds is 2. The van der Waals surface area contributed by atoms with Gasteiger partial charge in [-0.1, -0.05) is 0 Å². The molecule has 1 unspecified atom stereocenters. The summed E-state index contributed by atoms with van der Waals surface area (Å²) in [7, 11) is 4.46. The first-order valence-electron chi connectivity index (χ1n) is 5.56. The summed E-state index contributed by atoms with van der Waals surface area (Å²) in [5.41, 5.74) is 5.81. The zero-order valence-corrected chi connectivity index (χ0v) is 12.5. The minimum Gasteiger partial charge on any atom is -1.00 e. The number of amides is 3. The second-order valence-electron chi connectivity index (χ2n) is 4.48. The monoisotopic (exact) mass is 303 g/mol. The summed E-state index contributed by atoms with van der Waals surface area (Å²) in [6.07, 6.45) is 0. The number of hydrazone groups is 1. The van der Waals surface area contributed by atoms with Crippen molar-refractivity contribution < 1.29 is 31.9 Å². The number of likely N-dealkylation sites (N-methyl/N-ethyl adjacent to an activating group) is 2. The highest BCUT2D eigenvalue weighted by Crippen LogP contribution is 2.20. The lowest BCUT2D eigenvalue weighted by Gasteiger charge is -2.30. The van der Waals surface area contributed by atoms with E-state index in [0.717, 1.165) is 4.90 Å². The lowest BCUT2D eigenvalue weighted by molar-refractivity contribution is -0.471. The van der Waals surface area contributed by atoms with Crippen LogP contribution in [0.3, 0.4) is 0 Å². The summed E-state index contributed by atoms with van der Waals surface area (Å²) in [6.45, 7) is 1.55. The van der Waals surface area contributed by atoms with Crippen LogP contribution < -0.4 is 29.1 Å². The van der Waals surface area contributed by atoms with Crippen LogP contribution in [0, 0.1) is 0 Å². The van der Waals surface area contributed by atoms with Crippen molar-refractivity contribution in [3.8, 4) is 0 Å². The summed E-state index contributed by atoms with van der Waals surface area (Å²) in [5.74, 6) is 3.64. The maximum atomic E-state index is 12.2. The lowest BCUT2D eigenvalue weighted by Crippen LogP contribution is -3.00. The van der Waals surface area contributed by atoms with Crippen molar-refractivity contribution in [3.05, 3.63) is 11.1 Å². The van der Waals surface area contributed by atoms with Crippen LogP contribution in [0.15, 0.2) is 11.1 Å². The molecule has 0 radical (unpaired) electrons. The number of carbonyl (C=O) groups is 3. The van der Waals surface area contributed by atoms with Crippen LogP contribution in [-0.4, -0.2) is 60.4 Å². The minimum atomic E-state index is -1.00. The van der Waals surface area contributed by atoms with Crippen molar-refractivity contribution in [1.29, 1.82) is 0 Å². The minimum absolute atomic E-state index is 0. The van der Waals surface area contributed by atoms with Crippen molar-refractivity contribution in [2.75, 3.05) is 21.1 Å². The van der Waals surface area contributed by atoms with Gasteiger partial charge in [-0.2, -0.15) is 0 Å². The first-order chi connectivity index (χ1) is 8.73. The first-order valence-corrected chi connectivity index (χ1v) is 5.56. The van der Waals surface area contributed by atoms with Crippen LogP contribution in [0.4, 0.5) is 0 Å². The number of primary amides is 1. The maximum absolute atomic E-state index is 12.2. The van der Waals surface area contributed by atoms with E-state index in [1.165, 1.54) is 26.0 Å². The number of hydrogen-bond donors (Lipinski definition) is 3. The Kier molecular flexibility index (Phi) is 5.71. The lowest BCUT2D eigenvalue weighted by atomic mass is 9.91. The van der Waals surface area contributed by atoms with Crippen molar-refractivity contribution in [2.24, 2.45) is 11.6 Å². The van der Waals surface area contributed by atoms with Crippen molar-refractivity contribution >= 4 is 23.4 Å². The molecule has 5 N–H and O–H groups in total. The summed E-state index contributed by atoms with van der Waals surface area (Å²) >= 11 is 0. The van der Waals surface area contributed by atoms with E-state index < -0.39 is 23.8 Å². The molecule has 0 aromatic carbocycles. The van der Waals surface area contributed by atoms with E-state index in [4.69, 9.17) is 11.6 Å². The van der Waals surface area contributed by atoms with Gasteiger partial charge in [0, 0.05) is 26.7 Å². The number of hydrazine groups is 1. The van der Waals surface area contributed by atoms with Crippen LogP contribution in [-0.2, 0) is 14.4 Å². The quantitative estimate of drug-likeness (QED) is 0.266. The van der Waals surface area contributed by atoms with Gasteiger partial charge in [0.25, 0.3) is 17.7 Å². The van der Waals surface area contributed by atoms with Gasteiger partial charge >= 0.3 is 0 Å². The smallest absolute Gasteiger partial charge is 0.260 e. The Bertz CT molecular complexity index is 512. The van der Waals surface area contributed by atoms with Crippen LogP contribution in [0.5, 0.6) is 0 Å². The Hall–Kier alpha value is -2.09. The molecular formula is C11H18ClN5O3. The van der Waals surface area contributed by atoms with E-state index in [-0.39, 0.29) is 23.7 Å². The molecule has 20 heavy (non-hydrogen) atoms. The third-order valence-electron chi connectivity index (χ3n) is 3.02. The van der Waals surface area contributed by atoms with Crippen molar-refractivity contribution in [3.63, 3.8) is 0 Å². The zero-order chi connectivity index (χ0) is 14.9. The molecule has 1 aliphatic rings. The number of nitrogens with two attached hydrogens (primary N) is 2. The number of nitrogens with zero attached hydrogens (tertiary/aromatic N) is 2. The van der Waals surface area contributed by atoms with Crippen LogP contribution in [0.2, 0.25) is 0 Å². The van der Waals surface area contributed by atoms with Gasteiger partial charge in [-0.15, -0.1) is 5.10 Å². The third-order valence-corrected chi connectivity index (χ3v) is 3.02. The van der Waals surface area contributed by atoms with Gasteiger partial charge in [-0.05, 0) is 6.92 Å². The highest BCUT2D eigenvalue weighted by atomic mass is 35.5. The maximum Gasteiger partial charge on any atom is 0.260 e. The van der Waals surface area contributed by atoms with Gasteiger partial charge in [0.05, 0.1) is 0 Å². The molecule has 1 atom stereocenters. The normalized spacial score (nSPS) is 20.8. The molecular weight excluding hydrogens is 286 g/mol. The fraction of sp³-hybridized carbons (Fsp3) is 0.455. The molecule has 0 spiro atoms. The molecule has 3 amide bonds. The summed E-state index contributed by atoms with van der Waals surface area (Å²) < 4.78 is 0. The Labute approximate surface area is 122 Å². The van der Waals surface area contributed by atoms with Gasteiger partial charge in [-0.25, -0.2) is 5.84 Å². The molecule has 0 saturated carbocycles. The molecule has 0 fully saturated rings. The molecule has 0 aromatic heterocycles. The van der Waals surface area contributed by atoms with E-state index in [1.54, 1.807) is 6.92 Å². The Balaban J connectivity index is 0.00000361. The third kappa shape index (κ3) is 2.74. The largest absolute Gasteiger partial charge is 1.00 e. The van der Waals surface area contributed by atoms with Gasteiger partial charge in [0.15, 0.2) is 6.04 Å². The van der Waals surface area contributed by atoms with E-state index >= 15 is 0 Å². The van der Waals surface area contributed by atoms with Gasteiger partial charge in [0.2, 0.25) is 5.71 Å². The number of carbonyl (C=O) groups excluding carboxylic acids is 3. The van der Waals surface area contributed by atoms with E-state index in [9.17, 15) is 14.4 Å². The van der Waals surface area contributed by atoms with Gasteiger partial charge in [-0.3, -0.25) is 14.4 Å². The highest BCUT2D eigenvalue weighted by Gasteiger charge is 2.44. The molecule has 0 aliphatic carbocycles. The number of halogens is 1.